The number of thiophene rings is 1. The smallest absolute Gasteiger partial charge is 0.296 e. The SMILES string of the molecule is Cc1nnc(N2C(=O)C(O)=C(C(=O)c3cccs3)[C@H]2c2ccc(Cl)c(Cl)c2)s1. The van der Waals surface area contributed by atoms with Crippen LogP contribution in [0.5, 0.6) is 0 Å². The molecule has 0 unspecified atom stereocenters. The van der Waals surface area contributed by atoms with Gasteiger partial charge in [0.05, 0.1) is 26.5 Å². The maximum Gasteiger partial charge on any atom is 0.296 e. The predicted molar refractivity (Wildman–Crippen MR) is 110 cm³/mol. The van der Waals surface area contributed by atoms with Crippen molar-refractivity contribution in [1.29, 1.82) is 0 Å². The van der Waals surface area contributed by atoms with E-state index in [1.165, 1.54) is 27.6 Å². The Hall–Kier alpha value is -2.26. The Labute approximate surface area is 177 Å². The summed E-state index contributed by atoms with van der Waals surface area (Å²) >= 11 is 14.6. The number of amides is 1. The van der Waals surface area contributed by atoms with Gasteiger partial charge in [0.25, 0.3) is 5.91 Å². The molecule has 0 fully saturated rings. The van der Waals surface area contributed by atoms with Gasteiger partial charge in [-0.3, -0.25) is 14.5 Å². The molecule has 0 saturated heterocycles. The third-order valence-corrected chi connectivity index (χ3v) is 6.62. The lowest BCUT2D eigenvalue weighted by Gasteiger charge is -2.24. The highest BCUT2D eigenvalue weighted by Crippen LogP contribution is 2.44. The standard InChI is InChI=1S/C18H11Cl2N3O3S2/c1-8-21-22-18(28-8)23-14(9-4-5-10(19)11(20)7-9)13(16(25)17(23)26)15(24)12-3-2-6-27-12/h2-7,14,25H,1H3/t14-/m1/s1. The highest BCUT2D eigenvalue weighted by molar-refractivity contribution is 7.15. The largest absolute Gasteiger partial charge is 0.503 e. The van der Waals surface area contributed by atoms with E-state index in [-0.39, 0.29) is 15.7 Å². The number of benzene rings is 1. The Morgan fingerprint density at radius 2 is 2.00 bits per heavy atom. The van der Waals surface area contributed by atoms with Crippen LogP contribution in [0.3, 0.4) is 0 Å². The van der Waals surface area contributed by atoms with Crippen LogP contribution in [0, 0.1) is 6.92 Å². The van der Waals surface area contributed by atoms with Crippen molar-refractivity contribution in [2.24, 2.45) is 0 Å². The summed E-state index contributed by atoms with van der Waals surface area (Å²) in [5.74, 6) is -1.75. The van der Waals surface area contributed by atoms with Gasteiger partial charge in [-0.15, -0.1) is 21.5 Å². The highest BCUT2D eigenvalue weighted by Gasteiger charge is 2.46. The third kappa shape index (κ3) is 3.12. The van der Waals surface area contributed by atoms with Crippen LogP contribution >= 0.6 is 45.9 Å². The molecule has 1 aliphatic rings. The molecule has 1 aliphatic heterocycles. The van der Waals surface area contributed by atoms with Crippen molar-refractivity contribution in [3.63, 3.8) is 0 Å². The lowest BCUT2D eigenvalue weighted by atomic mass is 9.95. The number of aromatic nitrogens is 2. The minimum atomic E-state index is -0.899. The van der Waals surface area contributed by atoms with Crippen LogP contribution in [0.15, 0.2) is 47.0 Å². The summed E-state index contributed by atoms with van der Waals surface area (Å²) in [6, 6.07) is 7.28. The molecule has 1 atom stereocenters. The summed E-state index contributed by atoms with van der Waals surface area (Å²) in [7, 11) is 0. The second-order valence-corrected chi connectivity index (χ2v) is 8.85. The van der Waals surface area contributed by atoms with E-state index in [1.54, 1.807) is 42.6 Å². The molecule has 28 heavy (non-hydrogen) atoms. The summed E-state index contributed by atoms with van der Waals surface area (Å²) in [4.78, 5) is 27.7. The fourth-order valence-corrected chi connectivity index (χ4v) is 4.65. The van der Waals surface area contributed by atoms with Gasteiger partial charge in [0, 0.05) is 0 Å². The number of anilines is 1. The first-order valence-corrected chi connectivity index (χ1v) is 10.4. The summed E-state index contributed by atoms with van der Waals surface area (Å²) in [6.07, 6.45) is 0. The van der Waals surface area contributed by atoms with Gasteiger partial charge in [-0.1, -0.05) is 46.7 Å². The Balaban J connectivity index is 1.90. The van der Waals surface area contributed by atoms with Crippen molar-refractivity contribution in [3.8, 4) is 0 Å². The van der Waals surface area contributed by atoms with Gasteiger partial charge in [-0.25, -0.2) is 0 Å². The van der Waals surface area contributed by atoms with Crippen molar-refractivity contribution in [2.75, 3.05) is 4.90 Å². The van der Waals surface area contributed by atoms with E-state index in [9.17, 15) is 14.7 Å². The quantitative estimate of drug-likeness (QED) is 0.564. The lowest BCUT2D eigenvalue weighted by molar-refractivity contribution is -0.117. The topological polar surface area (TPSA) is 83.4 Å². The molecule has 3 aromatic rings. The maximum absolute atomic E-state index is 13.1. The Bertz CT molecular complexity index is 1130. The van der Waals surface area contributed by atoms with Gasteiger partial charge in [0.15, 0.2) is 5.76 Å². The molecule has 1 amide bonds. The number of Topliss-reactive ketones (excluding diaryl/α,β-unsaturated/α-hetero) is 1. The number of halogens is 2. The second kappa shape index (κ2) is 7.29. The summed E-state index contributed by atoms with van der Waals surface area (Å²) < 4.78 is 0. The molecule has 142 valence electrons. The first kappa shape index (κ1) is 19.1. The monoisotopic (exact) mass is 451 g/mol. The normalized spacial score (nSPS) is 16.9. The molecule has 0 saturated carbocycles. The van der Waals surface area contributed by atoms with Gasteiger partial charge in [0.2, 0.25) is 10.9 Å². The number of ketones is 1. The molecule has 0 spiro atoms. The number of hydrogen-bond donors (Lipinski definition) is 1. The number of carbonyl (C=O) groups is 2. The van der Waals surface area contributed by atoms with E-state index in [1.807, 2.05) is 0 Å². The Kier molecular flexibility index (Phi) is 4.96. The van der Waals surface area contributed by atoms with Crippen molar-refractivity contribution in [1.82, 2.24) is 10.2 Å². The molecule has 10 heteroatoms. The van der Waals surface area contributed by atoms with Gasteiger partial charge < -0.3 is 5.11 Å². The molecular formula is C18H11Cl2N3O3S2. The van der Waals surface area contributed by atoms with Crippen molar-refractivity contribution in [3.05, 3.63) is 72.5 Å². The fraction of sp³-hybridized carbons (Fsp3) is 0.111. The molecule has 0 bridgehead atoms. The van der Waals surface area contributed by atoms with Gasteiger partial charge in [-0.2, -0.15) is 0 Å². The molecule has 4 rings (SSSR count). The molecular weight excluding hydrogens is 441 g/mol. The van der Waals surface area contributed by atoms with Crippen LogP contribution in [0.2, 0.25) is 10.0 Å². The molecule has 2 aromatic heterocycles. The zero-order chi connectivity index (χ0) is 20.0. The molecule has 0 radical (unpaired) electrons. The van der Waals surface area contributed by atoms with Crippen molar-refractivity contribution < 1.29 is 14.7 Å². The van der Waals surface area contributed by atoms with Crippen LogP contribution < -0.4 is 4.90 Å². The molecule has 1 aromatic carbocycles. The van der Waals surface area contributed by atoms with E-state index in [2.05, 4.69) is 10.2 Å². The van der Waals surface area contributed by atoms with E-state index in [0.29, 0.717) is 20.5 Å². The Morgan fingerprint density at radius 3 is 2.61 bits per heavy atom. The summed E-state index contributed by atoms with van der Waals surface area (Å²) in [6.45, 7) is 1.75. The van der Waals surface area contributed by atoms with E-state index in [4.69, 9.17) is 23.2 Å². The number of aliphatic hydroxyl groups is 1. The molecule has 6 nitrogen and oxygen atoms in total. The average molecular weight is 452 g/mol. The average Bonchev–Trinajstić information content (AvgIpc) is 3.39. The minimum Gasteiger partial charge on any atom is -0.503 e. The molecule has 1 N–H and O–H groups in total. The number of aliphatic hydroxyl groups excluding tert-OH is 1. The number of rotatable bonds is 4. The van der Waals surface area contributed by atoms with E-state index in [0.717, 1.165) is 0 Å². The lowest BCUT2D eigenvalue weighted by Crippen LogP contribution is -2.31. The maximum atomic E-state index is 13.1. The number of carbonyl (C=O) groups excluding carboxylic acids is 2. The van der Waals surface area contributed by atoms with E-state index >= 15 is 0 Å². The fourth-order valence-electron chi connectivity index (χ4n) is 2.96. The Morgan fingerprint density at radius 1 is 1.21 bits per heavy atom. The summed E-state index contributed by atoms with van der Waals surface area (Å²) in [5, 5.41) is 21.8. The third-order valence-electron chi connectivity index (χ3n) is 4.18. The van der Waals surface area contributed by atoms with Gasteiger partial charge in [-0.05, 0) is 36.1 Å². The van der Waals surface area contributed by atoms with Crippen molar-refractivity contribution >= 4 is 62.7 Å². The number of nitrogens with zero attached hydrogens (tertiary/aromatic N) is 3. The van der Waals surface area contributed by atoms with Crippen molar-refractivity contribution in [2.45, 2.75) is 13.0 Å². The van der Waals surface area contributed by atoms with Gasteiger partial charge in [0.1, 0.15) is 5.01 Å². The number of hydrogen-bond acceptors (Lipinski definition) is 7. The predicted octanol–water partition coefficient (Wildman–Crippen LogP) is 5.00. The summed E-state index contributed by atoms with van der Waals surface area (Å²) in [5.41, 5.74) is 0.498. The highest BCUT2D eigenvalue weighted by atomic mass is 35.5. The van der Waals surface area contributed by atoms with E-state index < -0.39 is 23.5 Å². The zero-order valence-corrected chi connectivity index (χ0v) is 17.4. The minimum absolute atomic E-state index is 0.0290. The zero-order valence-electron chi connectivity index (χ0n) is 14.2. The van der Waals surface area contributed by atoms with Gasteiger partial charge >= 0.3 is 0 Å². The molecule has 3 heterocycles. The van der Waals surface area contributed by atoms with Crippen LogP contribution in [-0.2, 0) is 4.79 Å². The second-order valence-electron chi connectivity index (χ2n) is 5.92. The van der Waals surface area contributed by atoms with Crippen LogP contribution in [0.4, 0.5) is 5.13 Å². The van der Waals surface area contributed by atoms with Crippen LogP contribution in [0.25, 0.3) is 0 Å². The first-order chi connectivity index (χ1) is 13.4. The van der Waals surface area contributed by atoms with Crippen LogP contribution in [-0.4, -0.2) is 27.0 Å². The number of aryl methyl sites for hydroxylation is 1. The first-order valence-electron chi connectivity index (χ1n) is 7.98. The molecule has 0 aliphatic carbocycles. The van der Waals surface area contributed by atoms with Crippen LogP contribution in [0.1, 0.15) is 26.3 Å².